The largest absolute Gasteiger partial charge is 0.284 e. The van der Waals surface area contributed by atoms with E-state index in [2.05, 4.69) is 28.2 Å². The third-order valence-electron chi connectivity index (χ3n) is 4.94. The summed E-state index contributed by atoms with van der Waals surface area (Å²) in [4.78, 5) is 21.9. The summed E-state index contributed by atoms with van der Waals surface area (Å²) in [6, 6.07) is 10.3. The second kappa shape index (κ2) is 7.23. The van der Waals surface area contributed by atoms with Crippen molar-refractivity contribution in [3.05, 3.63) is 53.0 Å². The van der Waals surface area contributed by atoms with Gasteiger partial charge >= 0.3 is 0 Å². The predicted octanol–water partition coefficient (Wildman–Crippen LogP) is 4.75. The van der Waals surface area contributed by atoms with E-state index in [9.17, 15) is 4.79 Å². The van der Waals surface area contributed by atoms with Crippen molar-refractivity contribution in [2.24, 2.45) is 0 Å². The van der Waals surface area contributed by atoms with E-state index < -0.39 is 0 Å². The zero-order chi connectivity index (χ0) is 18.1. The lowest BCUT2D eigenvalue weighted by Gasteiger charge is -2.15. The third-order valence-corrected chi connectivity index (χ3v) is 5.79. The normalized spacial score (nSPS) is 13.8. The first-order valence-corrected chi connectivity index (χ1v) is 10.2. The fourth-order valence-corrected chi connectivity index (χ4v) is 4.76. The van der Waals surface area contributed by atoms with Crippen molar-refractivity contribution in [2.75, 3.05) is 5.75 Å². The highest BCUT2D eigenvalue weighted by molar-refractivity contribution is 7.99. The maximum atomic E-state index is 13.0. The van der Waals surface area contributed by atoms with Gasteiger partial charge in [0, 0.05) is 34.6 Å². The van der Waals surface area contributed by atoms with Gasteiger partial charge in [-0.3, -0.25) is 9.36 Å². The number of carbonyl (C=O) groups excluding carboxylic acids is 1. The van der Waals surface area contributed by atoms with E-state index in [1.807, 2.05) is 30.5 Å². The molecular formula is C21H23N3OS. The van der Waals surface area contributed by atoms with Crippen molar-refractivity contribution in [1.82, 2.24) is 14.5 Å². The van der Waals surface area contributed by atoms with Crippen LogP contribution in [0.3, 0.4) is 0 Å². The van der Waals surface area contributed by atoms with Crippen LogP contribution in [0.4, 0.5) is 0 Å². The summed E-state index contributed by atoms with van der Waals surface area (Å²) in [5, 5.41) is 2.01. The highest BCUT2D eigenvalue weighted by Gasteiger charge is 2.22. The quantitative estimate of drug-likeness (QED) is 0.494. The molecule has 0 unspecified atom stereocenters. The predicted molar refractivity (Wildman–Crippen MR) is 106 cm³/mol. The molecule has 0 spiro atoms. The Morgan fingerprint density at radius 3 is 2.65 bits per heavy atom. The van der Waals surface area contributed by atoms with Gasteiger partial charge in [0.25, 0.3) is 0 Å². The van der Waals surface area contributed by atoms with Crippen LogP contribution in [-0.2, 0) is 12.8 Å². The number of para-hydroxylation sites is 1. The number of thioether (sulfide) groups is 1. The van der Waals surface area contributed by atoms with E-state index in [4.69, 9.17) is 0 Å². The number of aryl methyl sites for hydroxylation is 3. The number of aromatic nitrogens is 3. The van der Waals surface area contributed by atoms with Crippen molar-refractivity contribution >= 4 is 28.6 Å². The summed E-state index contributed by atoms with van der Waals surface area (Å²) >= 11 is 1.56. The topological polar surface area (TPSA) is 47.8 Å². The minimum absolute atomic E-state index is 0.182. The first-order chi connectivity index (χ1) is 12.6. The Bertz CT molecular complexity index is 957. The highest BCUT2D eigenvalue weighted by Crippen LogP contribution is 2.32. The maximum Gasteiger partial charge on any atom is 0.232 e. The van der Waals surface area contributed by atoms with Crippen LogP contribution in [0.1, 0.15) is 46.7 Å². The van der Waals surface area contributed by atoms with Gasteiger partial charge in [-0.15, -0.1) is 0 Å². The van der Waals surface area contributed by atoms with Gasteiger partial charge < -0.3 is 0 Å². The molecule has 0 N–H and O–H groups in total. The van der Waals surface area contributed by atoms with Crippen molar-refractivity contribution in [3.8, 4) is 0 Å². The molecule has 0 saturated carbocycles. The monoisotopic (exact) mass is 365 g/mol. The fraction of sp³-hybridized carbons (Fsp3) is 0.381. The van der Waals surface area contributed by atoms with Gasteiger partial charge in [0.2, 0.25) is 5.91 Å². The fourth-order valence-electron chi connectivity index (χ4n) is 3.88. The molecule has 134 valence electrons. The molecule has 26 heavy (non-hydrogen) atoms. The van der Waals surface area contributed by atoms with Gasteiger partial charge in [-0.2, -0.15) is 0 Å². The Kier molecular flexibility index (Phi) is 4.81. The molecule has 4 nitrogen and oxygen atoms in total. The van der Waals surface area contributed by atoms with Crippen molar-refractivity contribution in [2.45, 2.75) is 51.1 Å². The van der Waals surface area contributed by atoms with E-state index in [0.717, 1.165) is 34.9 Å². The first-order valence-electron chi connectivity index (χ1n) is 9.23. The molecule has 2 heterocycles. The smallest absolute Gasteiger partial charge is 0.232 e. The maximum absolute atomic E-state index is 13.0. The van der Waals surface area contributed by atoms with Gasteiger partial charge in [-0.25, -0.2) is 9.97 Å². The Balaban J connectivity index is 1.55. The van der Waals surface area contributed by atoms with Crippen LogP contribution >= 0.6 is 11.8 Å². The second-order valence-corrected chi connectivity index (χ2v) is 7.97. The summed E-state index contributed by atoms with van der Waals surface area (Å²) in [5.41, 5.74) is 5.62. The molecule has 2 aromatic heterocycles. The molecule has 3 aromatic rings. The molecule has 1 aliphatic carbocycles. The number of carbonyl (C=O) groups is 1. The van der Waals surface area contributed by atoms with Crippen molar-refractivity contribution in [1.29, 1.82) is 0 Å². The Hall–Kier alpha value is -2.14. The van der Waals surface area contributed by atoms with Crippen LogP contribution in [0.25, 0.3) is 10.9 Å². The van der Waals surface area contributed by atoms with Crippen LogP contribution < -0.4 is 0 Å². The molecule has 0 radical (unpaired) electrons. The number of hydrogen-bond donors (Lipinski definition) is 0. The van der Waals surface area contributed by atoms with Crippen LogP contribution in [0, 0.1) is 13.8 Å². The Morgan fingerprint density at radius 1 is 1.12 bits per heavy atom. The summed E-state index contributed by atoms with van der Waals surface area (Å²) in [6.45, 7) is 3.95. The zero-order valence-electron chi connectivity index (χ0n) is 15.3. The molecular weight excluding hydrogens is 342 g/mol. The third kappa shape index (κ3) is 3.28. The Morgan fingerprint density at radius 2 is 1.85 bits per heavy atom. The van der Waals surface area contributed by atoms with Crippen molar-refractivity contribution in [3.63, 3.8) is 0 Å². The van der Waals surface area contributed by atoms with Gasteiger partial charge in [0.15, 0.2) is 5.16 Å². The highest BCUT2D eigenvalue weighted by atomic mass is 32.2. The lowest BCUT2D eigenvalue weighted by Crippen LogP contribution is -2.16. The lowest BCUT2D eigenvalue weighted by molar-refractivity contribution is 0.0912. The number of benzene rings is 1. The van der Waals surface area contributed by atoms with Gasteiger partial charge in [-0.1, -0.05) is 30.0 Å². The van der Waals surface area contributed by atoms with E-state index >= 15 is 0 Å². The van der Waals surface area contributed by atoms with Crippen molar-refractivity contribution < 1.29 is 4.79 Å². The summed E-state index contributed by atoms with van der Waals surface area (Å²) in [7, 11) is 0. The molecule has 0 atom stereocenters. The Labute approximate surface area is 158 Å². The number of nitrogens with zero attached hydrogens (tertiary/aromatic N) is 3. The van der Waals surface area contributed by atoms with E-state index in [0.29, 0.717) is 12.2 Å². The molecule has 0 fully saturated rings. The lowest BCUT2D eigenvalue weighted by atomic mass is 9.95. The van der Waals surface area contributed by atoms with Crippen LogP contribution in [0.5, 0.6) is 0 Å². The van der Waals surface area contributed by atoms with Crippen LogP contribution in [0.2, 0.25) is 0 Å². The average molecular weight is 366 g/mol. The van der Waals surface area contributed by atoms with Crippen LogP contribution in [0.15, 0.2) is 35.5 Å². The number of fused-ring (bicyclic) bond motifs is 3. The first kappa shape index (κ1) is 17.3. The van der Waals surface area contributed by atoms with Crippen LogP contribution in [-0.4, -0.2) is 26.2 Å². The van der Waals surface area contributed by atoms with E-state index in [1.54, 1.807) is 11.8 Å². The molecule has 0 aliphatic heterocycles. The molecule has 0 bridgehead atoms. The molecule has 0 amide bonds. The summed E-state index contributed by atoms with van der Waals surface area (Å²) < 4.78 is 1.98. The molecule has 1 aromatic carbocycles. The van der Waals surface area contributed by atoms with E-state index in [1.165, 1.54) is 29.5 Å². The zero-order valence-corrected chi connectivity index (χ0v) is 16.1. The summed E-state index contributed by atoms with van der Waals surface area (Å²) in [5.74, 6) is 0.879. The minimum Gasteiger partial charge on any atom is -0.284 e. The SMILES string of the molecule is Cc1cc(C)nc(SCCC(=O)n2c3c(c4ccccc42)CCCC3)n1. The average Bonchev–Trinajstić information content (AvgIpc) is 2.95. The minimum atomic E-state index is 0.182. The number of hydrogen-bond acceptors (Lipinski definition) is 4. The standard InChI is InChI=1S/C21H23N3OS/c1-14-13-15(2)23-21(22-14)26-12-11-20(25)24-18-9-5-3-7-16(18)17-8-4-6-10-19(17)24/h3,5,7,9,13H,4,6,8,10-12H2,1-2H3. The van der Waals surface area contributed by atoms with E-state index in [-0.39, 0.29) is 5.91 Å². The number of rotatable bonds is 4. The molecule has 0 saturated heterocycles. The molecule has 4 rings (SSSR count). The molecule has 1 aliphatic rings. The van der Waals surface area contributed by atoms with Gasteiger partial charge in [-0.05, 0) is 57.2 Å². The second-order valence-electron chi connectivity index (χ2n) is 6.91. The molecule has 5 heteroatoms. The van der Waals surface area contributed by atoms with Gasteiger partial charge in [0.05, 0.1) is 5.52 Å². The van der Waals surface area contributed by atoms with Gasteiger partial charge in [0.1, 0.15) is 0 Å². The summed E-state index contributed by atoms with van der Waals surface area (Å²) in [6.07, 6.45) is 4.97.